The monoisotopic (exact) mass is 362 g/mol. The van der Waals surface area contributed by atoms with Crippen molar-refractivity contribution < 1.29 is 19.1 Å². The van der Waals surface area contributed by atoms with Gasteiger partial charge in [-0.1, -0.05) is 0 Å². The van der Waals surface area contributed by atoms with E-state index in [9.17, 15) is 14.4 Å². The Labute approximate surface area is 153 Å². The topological polar surface area (TPSA) is 84.7 Å². The Balaban J connectivity index is 1.61. The number of likely N-dealkylation sites (tertiary alicyclic amines) is 2. The summed E-state index contributed by atoms with van der Waals surface area (Å²) in [6.07, 6.45) is 5.77. The predicted octanol–water partition coefficient (Wildman–Crippen LogP) is 0.621. The number of rotatable bonds is 6. The van der Waals surface area contributed by atoms with E-state index in [0.717, 1.165) is 25.9 Å². The molecule has 0 unspecified atom stereocenters. The fourth-order valence-electron chi connectivity index (χ4n) is 3.70. The van der Waals surface area contributed by atoms with Crippen molar-refractivity contribution in [2.45, 2.75) is 44.2 Å². The van der Waals surface area contributed by atoms with E-state index in [4.69, 9.17) is 4.74 Å². The summed E-state index contributed by atoms with van der Waals surface area (Å²) in [6, 6.07) is -0.473. The number of hydrogen-bond acceptors (Lipinski definition) is 5. The summed E-state index contributed by atoms with van der Waals surface area (Å²) in [6.45, 7) is 1.92. The highest BCUT2D eigenvalue weighted by Gasteiger charge is 2.41. The summed E-state index contributed by atoms with van der Waals surface area (Å²) in [5.41, 5.74) is 0.501. The van der Waals surface area contributed by atoms with Crippen LogP contribution < -0.4 is 0 Å². The van der Waals surface area contributed by atoms with Crippen LogP contribution in [-0.4, -0.2) is 76.1 Å². The van der Waals surface area contributed by atoms with Crippen LogP contribution in [0, 0.1) is 0 Å². The van der Waals surface area contributed by atoms with Crippen molar-refractivity contribution in [1.29, 1.82) is 0 Å². The van der Waals surface area contributed by atoms with E-state index >= 15 is 0 Å². The number of aryl methyl sites for hydroxylation is 1. The van der Waals surface area contributed by atoms with Crippen LogP contribution in [0.2, 0.25) is 0 Å². The molecule has 8 nitrogen and oxygen atoms in total. The lowest BCUT2D eigenvalue weighted by molar-refractivity contribution is -0.143. The average Bonchev–Trinajstić information content (AvgIpc) is 3.38. The molecule has 0 N–H and O–H groups in total. The van der Waals surface area contributed by atoms with Crippen LogP contribution in [0.15, 0.2) is 12.4 Å². The molecule has 2 aliphatic heterocycles. The van der Waals surface area contributed by atoms with Gasteiger partial charge in [-0.25, -0.2) is 0 Å². The van der Waals surface area contributed by atoms with Crippen molar-refractivity contribution in [2.24, 2.45) is 7.05 Å². The van der Waals surface area contributed by atoms with Crippen molar-refractivity contribution in [1.82, 2.24) is 19.6 Å². The first-order chi connectivity index (χ1) is 12.5. The van der Waals surface area contributed by atoms with E-state index in [-0.39, 0.29) is 36.5 Å². The van der Waals surface area contributed by atoms with E-state index in [2.05, 4.69) is 5.10 Å². The van der Waals surface area contributed by atoms with Crippen LogP contribution in [-0.2, 0) is 21.4 Å². The van der Waals surface area contributed by atoms with E-state index in [1.807, 2.05) is 4.90 Å². The summed E-state index contributed by atoms with van der Waals surface area (Å²) in [7, 11) is 3.34. The average molecular weight is 362 g/mol. The molecular weight excluding hydrogens is 336 g/mol. The Hall–Kier alpha value is -2.22. The minimum Gasteiger partial charge on any atom is -0.380 e. The fourth-order valence-corrected chi connectivity index (χ4v) is 3.70. The van der Waals surface area contributed by atoms with Gasteiger partial charge in [0.15, 0.2) is 5.78 Å². The normalized spacial score (nSPS) is 22.8. The molecule has 3 rings (SSSR count). The number of aromatic nitrogens is 2. The first-order valence-electron chi connectivity index (χ1n) is 9.12. The molecule has 8 heteroatoms. The minimum absolute atomic E-state index is 0.00832. The van der Waals surface area contributed by atoms with Crippen LogP contribution in [0.4, 0.5) is 0 Å². The van der Waals surface area contributed by atoms with E-state index in [0.29, 0.717) is 18.5 Å². The lowest BCUT2D eigenvalue weighted by atomic mass is 10.1. The molecule has 2 aliphatic rings. The lowest BCUT2D eigenvalue weighted by Crippen LogP contribution is -2.47. The van der Waals surface area contributed by atoms with Gasteiger partial charge >= 0.3 is 0 Å². The molecule has 2 saturated heterocycles. The molecule has 3 heterocycles. The highest BCUT2D eigenvalue weighted by atomic mass is 16.5. The summed E-state index contributed by atoms with van der Waals surface area (Å²) >= 11 is 0. The highest BCUT2D eigenvalue weighted by molar-refractivity contribution is 5.98. The third-order valence-electron chi connectivity index (χ3n) is 5.21. The quantitative estimate of drug-likeness (QED) is 0.693. The Morgan fingerprint density at radius 3 is 2.58 bits per heavy atom. The number of nitrogens with zero attached hydrogens (tertiary/aromatic N) is 4. The molecular formula is C18H26N4O4. The maximum absolute atomic E-state index is 12.8. The second-order valence-electron chi connectivity index (χ2n) is 7.01. The Morgan fingerprint density at radius 1 is 1.23 bits per heavy atom. The van der Waals surface area contributed by atoms with Crippen molar-refractivity contribution in [3.63, 3.8) is 0 Å². The van der Waals surface area contributed by atoms with E-state index in [1.165, 1.54) is 6.20 Å². The van der Waals surface area contributed by atoms with Gasteiger partial charge in [-0.15, -0.1) is 0 Å². The number of hydrogen-bond donors (Lipinski definition) is 0. The molecule has 0 saturated carbocycles. The lowest BCUT2D eigenvalue weighted by Gasteiger charge is -2.27. The number of methoxy groups -OCH3 is 1. The molecule has 26 heavy (non-hydrogen) atoms. The van der Waals surface area contributed by atoms with Crippen LogP contribution in [0.25, 0.3) is 0 Å². The molecule has 1 aromatic heterocycles. The molecule has 0 aliphatic carbocycles. The number of ketones is 1. The zero-order chi connectivity index (χ0) is 18.7. The highest BCUT2D eigenvalue weighted by Crippen LogP contribution is 2.25. The number of carbonyl (C=O) groups excluding carboxylic acids is 3. The summed E-state index contributed by atoms with van der Waals surface area (Å²) in [4.78, 5) is 41.1. The third-order valence-corrected chi connectivity index (χ3v) is 5.21. The van der Waals surface area contributed by atoms with Crippen LogP contribution in [0.5, 0.6) is 0 Å². The molecule has 2 amide bonds. The molecule has 142 valence electrons. The number of ether oxygens (including phenoxy) is 1. The second-order valence-corrected chi connectivity index (χ2v) is 7.01. The molecule has 2 fully saturated rings. The van der Waals surface area contributed by atoms with E-state index < -0.39 is 6.04 Å². The van der Waals surface area contributed by atoms with Crippen molar-refractivity contribution in [3.05, 3.63) is 18.0 Å². The van der Waals surface area contributed by atoms with Gasteiger partial charge in [0, 0.05) is 59.3 Å². The maximum atomic E-state index is 12.8. The van der Waals surface area contributed by atoms with Crippen LogP contribution >= 0.6 is 0 Å². The smallest absolute Gasteiger partial charge is 0.245 e. The van der Waals surface area contributed by atoms with Gasteiger partial charge in [-0.3, -0.25) is 19.1 Å². The Kier molecular flexibility index (Phi) is 5.70. The van der Waals surface area contributed by atoms with E-state index in [1.54, 1.807) is 29.9 Å². The van der Waals surface area contributed by atoms with Gasteiger partial charge in [0.2, 0.25) is 11.8 Å². The first kappa shape index (κ1) is 18.6. The number of Topliss-reactive ketones (excluding diaryl/α,β-unsaturated/α-hetero) is 1. The zero-order valence-corrected chi connectivity index (χ0v) is 15.4. The predicted molar refractivity (Wildman–Crippen MR) is 93.5 cm³/mol. The standard InChI is InChI=1S/C18H26N4O4/c1-20-11-13(10-19-20)16(23)5-6-17(24)22-12-14(26-2)9-15(22)18(25)21-7-3-4-8-21/h10-11,14-15H,3-9,12H2,1-2H3/t14-,15-/m0/s1. The molecule has 0 bridgehead atoms. The van der Waals surface area contributed by atoms with Gasteiger partial charge in [-0.2, -0.15) is 5.10 Å². The fraction of sp³-hybridized carbons (Fsp3) is 0.667. The van der Waals surface area contributed by atoms with Crippen molar-refractivity contribution in [3.8, 4) is 0 Å². The van der Waals surface area contributed by atoms with Crippen LogP contribution in [0.1, 0.15) is 42.5 Å². The molecule has 0 spiro atoms. The number of carbonyl (C=O) groups is 3. The Bertz CT molecular complexity index is 680. The molecule has 2 atom stereocenters. The van der Waals surface area contributed by atoms with Crippen LogP contribution in [0.3, 0.4) is 0 Å². The van der Waals surface area contributed by atoms with Crippen molar-refractivity contribution >= 4 is 17.6 Å². The van der Waals surface area contributed by atoms with Gasteiger partial charge in [0.1, 0.15) is 6.04 Å². The van der Waals surface area contributed by atoms with Crippen molar-refractivity contribution in [2.75, 3.05) is 26.7 Å². The third kappa shape index (κ3) is 3.95. The maximum Gasteiger partial charge on any atom is 0.245 e. The zero-order valence-electron chi connectivity index (χ0n) is 15.4. The minimum atomic E-state index is -0.473. The van der Waals surface area contributed by atoms with Gasteiger partial charge in [0.25, 0.3) is 0 Å². The SMILES string of the molecule is CO[C@H]1C[C@@H](C(=O)N2CCCC2)N(C(=O)CCC(=O)c2cnn(C)c2)C1. The summed E-state index contributed by atoms with van der Waals surface area (Å²) < 4.78 is 6.95. The summed E-state index contributed by atoms with van der Waals surface area (Å²) in [5, 5.41) is 3.98. The number of amides is 2. The molecule has 1 aromatic rings. The van der Waals surface area contributed by atoms with Gasteiger partial charge < -0.3 is 14.5 Å². The summed E-state index contributed by atoms with van der Waals surface area (Å²) in [5.74, 6) is -0.273. The van der Waals surface area contributed by atoms with Gasteiger partial charge in [-0.05, 0) is 12.8 Å². The molecule has 0 aromatic carbocycles. The molecule has 0 radical (unpaired) electrons. The largest absolute Gasteiger partial charge is 0.380 e. The second kappa shape index (κ2) is 7.99. The van der Waals surface area contributed by atoms with Gasteiger partial charge in [0.05, 0.1) is 17.9 Å². The Morgan fingerprint density at radius 2 is 1.96 bits per heavy atom. The first-order valence-corrected chi connectivity index (χ1v) is 9.12.